The molecule has 2 aromatic heterocycles. The van der Waals surface area contributed by atoms with Gasteiger partial charge in [0.25, 0.3) is 5.91 Å². The van der Waals surface area contributed by atoms with E-state index in [-0.39, 0.29) is 5.91 Å². The van der Waals surface area contributed by atoms with Crippen molar-refractivity contribution >= 4 is 23.2 Å². The van der Waals surface area contributed by atoms with E-state index in [2.05, 4.69) is 20.3 Å². The molecule has 0 aliphatic heterocycles. The first-order valence-electron chi connectivity index (χ1n) is 9.11. The van der Waals surface area contributed by atoms with E-state index in [4.69, 9.17) is 16.3 Å². The van der Waals surface area contributed by atoms with Gasteiger partial charge in [-0.3, -0.25) is 4.79 Å². The fourth-order valence-electron chi connectivity index (χ4n) is 2.96. The van der Waals surface area contributed by atoms with Crippen LogP contribution in [-0.4, -0.2) is 28.0 Å². The van der Waals surface area contributed by atoms with Crippen LogP contribution in [0.25, 0.3) is 22.3 Å². The van der Waals surface area contributed by atoms with Crippen molar-refractivity contribution in [2.75, 3.05) is 12.4 Å². The summed E-state index contributed by atoms with van der Waals surface area (Å²) in [6.45, 7) is 0. The van der Waals surface area contributed by atoms with Crippen LogP contribution in [0, 0.1) is 0 Å². The van der Waals surface area contributed by atoms with E-state index >= 15 is 0 Å². The second-order valence-corrected chi connectivity index (χ2v) is 6.85. The van der Waals surface area contributed by atoms with E-state index in [1.165, 1.54) is 13.4 Å². The number of benzene rings is 2. The lowest BCUT2D eigenvalue weighted by molar-refractivity contribution is 0.102. The summed E-state index contributed by atoms with van der Waals surface area (Å²) in [7, 11) is 1.54. The highest BCUT2D eigenvalue weighted by molar-refractivity contribution is 6.33. The Bertz CT molecular complexity index is 1160. The molecule has 2 heterocycles. The third-order valence-electron chi connectivity index (χ3n) is 4.52. The number of aromatic nitrogens is 3. The summed E-state index contributed by atoms with van der Waals surface area (Å²) in [6, 6.07) is 16.5. The lowest BCUT2D eigenvalue weighted by Gasteiger charge is -2.10. The molecule has 4 rings (SSSR count). The third kappa shape index (κ3) is 4.29. The van der Waals surface area contributed by atoms with E-state index in [9.17, 15) is 4.79 Å². The van der Waals surface area contributed by atoms with Crippen LogP contribution in [-0.2, 0) is 0 Å². The average molecular weight is 417 g/mol. The van der Waals surface area contributed by atoms with E-state index in [1.807, 2.05) is 24.3 Å². The second kappa shape index (κ2) is 8.71. The number of amides is 1. The Labute approximate surface area is 178 Å². The van der Waals surface area contributed by atoms with Crippen molar-refractivity contribution in [2.24, 2.45) is 0 Å². The molecule has 0 saturated heterocycles. The predicted molar refractivity (Wildman–Crippen MR) is 117 cm³/mol. The Morgan fingerprint density at radius 1 is 0.900 bits per heavy atom. The fraction of sp³-hybridized carbons (Fsp3) is 0.0435. The zero-order chi connectivity index (χ0) is 20.9. The summed E-state index contributed by atoms with van der Waals surface area (Å²) in [4.78, 5) is 24.9. The molecule has 0 aliphatic carbocycles. The summed E-state index contributed by atoms with van der Waals surface area (Å²) in [5.74, 6) is 0.227. The number of ether oxygens (including phenoxy) is 1. The minimum Gasteiger partial charge on any atom is -0.481 e. The first-order chi connectivity index (χ1) is 14.6. The van der Waals surface area contributed by atoms with Crippen molar-refractivity contribution in [1.29, 1.82) is 0 Å². The molecule has 7 heteroatoms. The van der Waals surface area contributed by atoms with E-state index in [0.29, 0.717) is 22.2 Å². The molecule has 1 amide bonds. The van der Waals surface area contributed by atoms with Gasteiger partial charge < -0.3 is 10.1 Å². The SMILES string of the molecule is COc1ccc(NC(=O)c2ccc(Cl)c(-c3ccc(-c4cncnc4)cc3)c2)cn1. The van der Waals surface area contributed by atoms with Gasteiger partial charge >= 0.3 is 0 Å². The quantitative estimate of drug-likeness (QED) is 0.488. The number of hydrogen-bond acceptors (Lipinski definition) is 5. The van der Waals surface area contributed by atoms with Gasteiger partial charge in [-0.2, -0.15) is 0 Å². The number of rotatable bonds is 5. The molecule has 4 aromatic rings. The minimum absolute atomic E-state index is 0.252. The molecule has 30 heavy (non-hydrogen) atoms. The molecular weight excluding hydrogens is 400 g/mol. The number of carbonyl (C=O) groups excluding carboxylic acids is 1. The monoisotopic (exact) mass is 416 g/mol. The van der Waals surface area contributed by atoms with Crippen molar-refractivity contribution in [3.05, 3.63) is 90.1 Å². The van der Waals surface area contributed by atoms with Gasteiger partial charge in [0, 0.05) is 40.2 Å². The Morgan fingerprint density at radius 2 is 1.63 bits per heavy atom. The number of pyridine rings is 1. The third-order valence-corrected chi connectivity index (χ3v) is 4.85. The van der Waals surface area contributed by atoms with Gasteiger partial charge in [0.05, 0.1) is 19.0 Å². The Hall–Kier alpha value is -3.77. The van der Waals surface area contributed by atoms with E-state index in [0.717, 1.165) is 22.3 Å². The Morgan fingerprint density at radius 3 is 2.30 bits per heavy atom. The van der Waals surface area contributed by atoms with Gasteiger partial charge in [-0.05, 0) is 35.4 Å². The Balaban J connectivity index is 1.57. The van der Waals surface area contributed by atoms with Crippen LogP contribution < -0.4 is 10.1 Å². The topological polar surface area (TPSA) is 77.0 Å². The minimum atomic E-state index is -0.252. The van der Waals surface area contributed by atoms with Crippen molar-refractivity contribution in [3.63, 3.8) is 0 Å². The molecule has 0 atom stereocenters. The van der Waals surface area contributed by atoms with Crippen molar-refractivity contribution < 1.29 is 9.53 Å². The fourth-order valence-corrected chi connectivity index (χ4v) is 3.18. The zero-order valence-corrected chi connectivity index (χ0v) is 16.8. The molecule has 0 aliphatic rings. The van der Waals surface area contributed by atoms with Crippen LogP contribution in [0.1, 0.15) is 10.4 Å². The molecule has 0 bridgehead atoms. The zero-order valence-electron chi connectivity index (χ0n) is 16.0. The number of nitrogens with one attached hydrogen (secondary N) is 1. The highest BCUT2D eigenvalue weighted by Gasteiger charge is 2.11. The first-order valence-corrected chi connectivity index (χ1v) is 9.48. The molecule has 1 N–H and O–H groups in total. The summed E-state index contributed by atoms with van der Waals surface area (Å²) >= 11 is 6.41. The van der Waals surface area contributed by atoms with Gasteiger partial charge in [-0.1, -0.05) is 35.9 Å². The van der Waals surface area contributed by atoms with Gasteiger partial charge in [0.2, 0.25) is 5.88 Å². The van der Waals surface area contributed by atoms with Gasteiger partial charge in [-0.25, -0.2) is 15.0 Å². The molecule has 2 aromatic carbocycles. The number of nitrogens with zero attached hydrogens (tertiary/aromatic N) is 3. The molecule has 0 spiro atoms. The van der Waals surface area contributed by atoms with Crippen molar-refractivity contribution in [3.8, 4) is 28.1 Å². The summed E-state index contributed by atoms with van der Waals surface area (Å²) in [5, 5.41) is 3.39. The van der Waals surface area contributed by atoms with Crippen LogP contribution >= 0.6 is 11.6 Å². The van der Waals surface area contributed by atoms with Gasteiger partial charge in [0.15, 0.2) is 0 Å². The molecule has 6 nitrogen and oxygen atoms in total. The number of hydrogen-bond donors (Lipinski definition) is 1. The maximum atomic E-state index is 12.7. The Kier molecular flexibility index (Phi) is 5.68. The molecule has 0 fully saturated rings. The number of anilines is 1. The molecular formula is C23H17ClN4O2. The summed E-state index contributed by atoms with van der Waals surface area (Å²) < 4.78 is 5.03. The smallest absolute Gasteiger partial charge is 0.255 e. The molecule has 0 radical (unpaired) electrons. The van der Waals surface area contributed by atoms with Crippen LogP contribution in [0.2, 0.25) is 5.02 Å². The molecule has 0 unspecified atom stereocenters. The van der Waals surface area contributed by atoms with Crippen LogP contribution in [0.3, 0.4) is 0 Å². The lowest BCUT2D eigenvalue weighted by Crippen LogP contribution is -2.12. The van der Waals surface area contributed by atoms with Gasteiger partial charge in [0.1, 0.15) is 6.33 Å². The van der Waals surface area contributed by atoms with Gasteiger partial charge in [-0.15, -0.1) is 0 Å². The highest BCUT2D eigenvalue weighted by Crippen LogP contribution is 2.31. The number of halogens is 1. The average Bonchev–Trinajstić information content (AvgIpc) is 2.80. The van der Waals surface area contributed by atoms with Crippen LogP contribution in [0.4, 0.5) is 5.69 Å². The first kappa shape index (κ1) is 19.5. The maximum Gasteiger partial charge on any atom is 0.255 e. The molecule has 0 saturated carbocycles. The maximum absolute atomic E-state index is 12.7. The van der Waals surface area contributed by atoms with Crippen LogP contribution in [0.15, 0.2) is 79.5 Å². The molecule has 148 valence electrons. The normalized spacial score (nSPS) is 10.5. The summed E-state index contributed by atoms with van der Waals surface area (Å²) in [5.41, 5.74) is 4.67. The van der Waals surface area contributed by atoms with Crippen molar-refractivity contribution in [2.45, 2.75) is 0 Å². The van der Waals surface area contributed by atoms with E-state index < -0.39 is 0 Å². The summed E-state index contributed by atoms with van der Waals surface area (Å²) in [6.07, 6.45) is 6.55. The number of methoxy groups -OCH3 is 1. The predicted octanol–water partition coefficient (Wildman–Crippen LogP) is 5.12. The number of carbonyl (C=O) groups is 1. The lowest BCUT2D eigenvalue weighted by atomic mass is 10.00. The van der Waals surface area contributed by atoms with Crippen molar-refractivity contribution in [1.82, 2.24) is 15.0 Å². The van der Waals surface area contributed by atoms with E-state index in [1.54, 1.807) is 48.9 Å². The van der Waals surface area contributed by atoms with Crippen LogP contribution in [0.5, 0.6) is 5.88 Å². The largest absolute Gasteiger partial charge is 0.481 e. The highest BCUT2D eigenvalue weighted by atomic mass is 35.5. The second-order valence-electron chi connectivity index (χ2n) is 6.44. The standard InChI is InChI=1S/C23H17ClN4O2/c1-30-22-9-7-19(13-27-22)28-23(29)17-6-8-21(24)20(10-17)16-4-2-15(3-5-16)18-11-25-14-26-12-18/h2-14H,1H3,(H,28,29).